The Morgan fingerprint density at radius 2 is 2.17 bits per heavy atom. The van der Waals surface area contributed by atoms with E-state index in [9.17, 15) is 5.11 Å². The molecule has 0 aliphatic rings. The Balaban J connectivity index is 2.45. The Morgan fingerprint density at radius 3 is 2.67 bits per heavy atom. The Bertz CT molecular complexity index is 533. The third-order valence-corrected chi connectivity index (χ3v) is 3.48. The molecule has 18 heavy (non-hydrogen) atoms. The maximum absolute atomic E-state index is 10.4. The first kappa shape index (κ1) is 13.0. The fourth-order valence-electron chi connectivity index (χ4n) is 1.83. The molecule has 0 aliphatic carbocycles. The predicted molar refractivity (Wildman–Crippen MR) is 70.1 cm³/mol. The van der Waals surface area contributed by atoms with E-state index in [-0.39, 0.29) is 6.04 Å². The van der Waals surface area contributed by atoms with E-state index in [1.807, 2.05) is 26.2 Å². The second kappa shape index (κ2) is 5.07. The molecule has 0 fully saturated rings. The quantitative estimate of drug-likeness (QED) is 0.923. The number of aromatic nitrogens is 3. The summed E-state index contributed by atoms with van der Waals surface area (Å²) in [5.74, 6) is 0.585. The van der Waals surface area contributed by atoms with Gasteiger partial charge in [-0.15, -0.1) is 11.3 Å². The first-order valence-electron chi connectivity index (χ1n) is 5.76. The molecule has 0 spiro atoms. The van der Waals surface area contributed by atoms with Gasteiger partial charge in [0.15, 0.2) is 5.75 Å². The van der Waals surface area contributed by atoms with Gasteiger partial charge in [-0.25, -0.2) is 4.98 Å². The smallest absolute Gasteiger partial charge is 0.163 e. The van der Waals surface area contributed by atoms with E-state index >= 15 is 0 Å². The number of aliphatic hydroxyl groups excluding tert-OH is 1. The van der Waals surface area contributed by atoms with Crippen LogP contribution in [0.3, 0.4) is 0 Å². The lowest BCUT2D eigenvalue weighted by Gasteiger charge is -2.15. The fraction of sp³-hybridized carbons (Fsp3) is 0.500. The zero-order valence-corrected chi connectivity index (χ0v) is 11.7. The maximum atomic E-state index is 10.4. The lowest BCUT2D eigenvalue weighted by Crippen LogP contribution is -2.13. The van der Waals surface area contributed by atoms with Gasteiger partial charge in [0, 0.05) is 11.4 Å². The Kier molecular flexibility index (Phi) is 3.68. The van der Waals surface area contributed by atoms with Crippen LogP contribution in [0, 0.1) is 6.92 Å². The van der Waals surface area contributed by atoms with Crippen molar-refractivity contribution in [2.24, 2.45) is 0 Å². The summed E-state index contributed by atoms with van der Waals surface area (Å²) >= 11 is 1.52. The molecule has 0 aromatic carbocycles. The van der Waals surface area contributed by atoms with Crippen molar-refractivity contribution in [2.45, 2.75) is 32.9 Å². The van der Waals surface area contributed by atoms with Crippen LogP contribution in [0.5, 0.6) is 5.75 Å². The largest absolute Gasteiger partial charge is 0.493 e. The number of hydrogen-bond acceptors (Lipinski definition) is 5. The van der Waals surface area contributed by atoms with Gasteiger partial charge < -0.3 is 9.84 Å². The zero-order chi connectivity index (χ0) is 13.3. The summed E-state index contributed by atoms with van der Waals surface area (Å²) in [5, 5.41) is 17.5. The van der Waals surface area contributed by atoms with Gasteiger partial charge >= 0.3 is 0 Å². The van der Waals surface area contributed by atoms with Crippen molar-refractivity contribution in [2.75, 3.05) is 7.11 Å². The SMILES string of the molecule is COc1cnn(C(C)C)c1C(O)c1csc(C)n1. The third-order valence-electron chi connectivity index (χ3n) is 2.68. The van der Waals surface area contributed by atoms with Crippen molar-refractivity contribution in [1.82, 2.24) is 14.8 Å². The van der Waals surface area contributed by atoms with Crippen LogP contribution < -0.4 is 4.74 Å². The molecule has 2 rings (SSSR count). The van der Waals surface area contributed by atoms with Gasteiger partial charge in [0.2, 0.25) is 0 Å². The summed E-state index contributed by atoms with van der Waals surface area (Å²) in [6.07, 6.45) is 0.812. The van der Waals surface area contributed by atoms with Crippen LogP contribution in [0.1, 0.15) is 42.4 Å². The molecular formula is C12H17N3O2S. The van der Waals surface area contributed by atoms with Gasteiger partial charge in [0.25, 0.3) is 0 Å². The number of aryl methyl sites for hydroxylation is 1. The monoisotopic (exact) mass is 267 g/mol. The highest BCUT2D eigenvalue weighted by molar-refractivity contribution is 7.09. The van der Waals surface area contributed by atoms with Gasteiger partial charge in [-0.1, -0.05) is 0 Å². The van der Waals surface area contributed by atoms with E-state index in [0.717, 1.165) is 5.01 Å². The van der Waals surface area contributed by atoms with Crippen LogP contribution in [0.15, 0.2) is 11.6 Å². The van der Waals surface area contributed by atoms with Gasteiger partial charge in [-0.05, 0) is 20.8 Å². The highest BCUT2D eigenvalue weighted by Crippen LogP contribution is 2.31. The summed E-state index contributed by atoms with van der Waals surface area (Å²) in [6, 6.07) is 0.151. The van der Waals surface area contributed by atoms with Gasteiger partial charge in [0.1, 0.15) is 11.8 Å². The minimum atomic E-state index is -0.810. The van der Waals surface area contributed by atoms with E-state index in [1.54, 1.807) is 18.0 Å². The molecule has 1 unspecified atom stereocenters. The maximum Gasteiger partial charge on any atom is 0.163 e. The minimum Gasteiger partial charge on any atom is -0.493 e. The van der Waals surface area contributed by atoms with E-state index in [2.05, 4.69) is 10.1 Å². The molecule has 6 heteroatoms. The van der Waals surface area contributed by atoms with Gasteiger partial charge in [-0.2, -0.15) is 5.10 Å². The van der Waals surface area contributed by atoms with Crippen molar-refractivity contribution in [3.05, 3.63) is 28.0 Å². The van der Waals surface area contributed by atoms with Crippen LogP contribution in [0.4, 0.5) is 0 Å². The Hall–Kier alpha value is -1.40. The summed E-state index contributed by atoms with van der Waals surface area (Å²) in [7, 11) is 1.57. The molecule has 2 aromatic rings. The normalized spacial score (nSPS) is 13.0. The van der Waals surface area contributed by atoms with Gasteiger partial charge in [-0.3, -0.25) is 4.68 Å². The molecule has 0 saturated heterocycles. The Labute approximate surface area is 110 Å². The Morgan fingerprint density at radius 1 is 1.44 bits per heavy atom. The molecule has 0 radical (unpaired) electrons. The first-order valence-corrected chi connectivity index (χ1v) is 6.64. The van der Waals surface area contributed by atoms with Crippen LogP contribution in [-0.4, -0.2) is 27.0 Å². The molecule has 5 nitrogen and oxygen atoms in total. The summed E-state index contributed by atoms with van der Waals surface area (Å²) in [4.78, 5) is 4.31. The number of nitrogens with zero attached hydrogens (tertiary/aromatic N) is 3. The topological polar surface area (TPSA) is 60.2 Å². The van der Waals surface area contributed by atoms with Gasteiger partial charge in [0.05, 0.1) is 24.0 Å². The van der Waals surface area contributed by atoms with Crippen molar-refractivity contribution < 1.29 is 9.84 Å². The first-order chi connectivity index (χ1) is 8.54. The van der Waals surface area contributed by atoms with Crippen LogP contribution in [0.25, 0.3) is 0 Å². The number of aliphatic hydroxyl groups is 1. The molecule has 2 aromatic heterocycles. The van der Waals surface area contributed by atoms with E-state index < -0.39 is 6.10 Å². The molecule has 1 atom stereocenters. The number of hydrogen-bond donors (Lipinski definition) is 1. The van der Waals surface area contributed by atoms with Crippen molar-refractivity contribution in [3.63, 3.8) is 0 Å². The fourth-order valence-corrected chi connectivity index (χ4v) is 2.46. The average molecular weight is 267 g/mol. The van der Waals surface area contributed by atoms with Crippen LogP contribution in [-0.2, 0) is 0 Å². The second-order valence-corrected chi connectivity index (χ2v) is 5.39. The lowest BCUT2D eigenvalue weighted by molar-refractivity contribution is 0.195. The minimum absolute atomic E-state index is 0.151. The second-order valence-electron chi connectivity index (χ2n) is 4.33. The zero-order valence-electron chi connectivity index (χ0n) is 10.9. The summed E-state index contributed by atoms with van der Waals surface area (Å²) in [6.45, 7) is 5.93. The van der Waals surface area contributed by atoms with E-state index in [0.29, 0.717) is 17.1 Å². The summed E-state index contributed by atoms with van der Waals surface area (Å²) in [5.41, 5.74) is 1.29. The average Bonchev–Trinajstić information content (AvgIpc) is 2.93. The molecule has 2 heterocycles. The molecule has 0 saturated carbocycles. The lowest BCUT2D eigenvalue weighted by atomic mass is 10.2. The number of rotatable bonds is 4. The molecule has 1 N–H and O–H groups in total. The number of ether oxygens (including phenoxy) is 1. The van der Waals surface area contributed by atoms with Crippen LogP contribution in [0.2, 0.25) is 0 Å². The molecular weight excluding hydrogens is 250 g/mol. The molecule has 0 amide bonds. The highest BCUT2D eigenvalue weighted by atomic mass is 32.1. The number of thiazole rings is 1. The molecule has 98 valence electrons. The van der Waals surface area contributed by atoms with Crippen LogP contribution >= 0.6 is 11.3 Å². The standard InChI is InChI=1S/C12H17N3O2S/c1-7(2)15-11(10(17-4)5-13-15)12(16)9-6-18-8(3)14-9/h5-7,12,16H,1-4H3. The highest BCUT2D eigenvalue weighted by Gasteiger charge is 2.24. The third kappa shape index (κ3) is 2.26. The van der Waals surface area contributed by atoms with Crippen molar-refractivity contribution in [3.8, 4) is 5.75 Å². The van der Waals surface area contributed by atoms with E-state index in [1.165, 1.54) is 11.3 Å². The van der Waals surface area contributed by atoms with E-state index in [4.69, 9.17) is 4.74 Å². The summed E-state index contributed by atoms with van der Waals surface area (Å²) < 4.78 is 7.02. The van der Waals surface area contributed by atoms with Crippen molar-refractivity contribution >= 4 is 11.3 Å². The molecule has 0 bridgehead atoms. The predicted octanol–water partition coefficient (Wildman–Crippen LogP) is 2.32. The number of methoxy groups -OCH3 is 1. The van der Waals surface area contributed by atoms with Crippen molar-refractivity contribution in [1.29, 1.82) is 0 Å². The molecule has 0 aliphatic heterocycles.